The van der Waals surface area contributed by atoms with Crippen molar-refractivity contribution in [1.82, 2.24) is 0 Å². The molecule has 0 aromatic heterocycles. The standard InChI is InChI=1S/C18H14O2/c1-13-7-2-4-10-15(13)18(19)20-17-12-6-9-14-8-3-5-11-16(14)17/h2-12H,1H3. The number of carbonyl (C=O) groups excluding carboxylic acids is 1. The van der Waals surface area contributed by atoms with Gasteiger partial charge in [0.25, 0.3) is 0 Å². The quantitative estimate of drug-likeness (QED) is 0.506. The van der Waals surface area contributed by atoms with E-state index in [-0.39, 0.29) is 5.97 Å². The lowest BCUT2D eigenvalue weighted by molar-refractivity contribution is 0.0736. The third kappa shape index (κ3) is 2.28. The van der Waals surface area contributed by atoms with Gasteiger partial charge >= 0.3 is 5.97 Å². The van der Waals surface area contributed by atoms with Crippen LogP contribution in [-0.2, 0) is 0 Å². The van der Waals surface area contributed by atoms with Gasteiger partial charge in [0, 0.05) is 5.39 Å². The minimum atomic E-state index is -0.320. The lowest BCUT2D eigenvalue weighted by Gasteiger charge is -2.09. The predicted octanol–water partition coefficient (Wildman–Crippen LogP) is 4.37. The Morgan fingerprint density at radius 1 is 0.850 bits per heavy atom. The topological polar surface area (TPSA) is 26.3 Å². The van der Waals surface area contributed by atoms with E-state index in [2.05, 4.69) is 0 Å². The highest BCUT2D eigenvalue weighted by atomic mass is 16.5. The molecule has 0 aliphatic carbocycles. The molecule has 2 nitrogen and oxygen atoms in total. The monoisotopic (exact) mass is 262 g/mol. The molecule has 3 aromatic carbocycles. The molecule has 98 valence electrons. The molecule has 0 radical (unpaired) electrons. The molecule has 0 atom stereocenters. The normalized spacial score (nSPS) is 10.4. The summed E-state index contributed by atoms with van der Waals surface area (Å²) in [5, 5.41) is 2.00. The van der Waals surface area contributed by atoms with Crippen molar-refractivity contribution in [3.8, 4) is 5.75 Å². The number of esters is 1. The van der Waals surface area contributed by atoms with Gasteiger partial charge < -0.3 is 4.74 Å². The fraction of sp³-hybridized carbons (Fsp3) is 0.0556. The predicted molar refractivity (Wildman–Crippen MR) is 80.1 cm³/mol. The fourth-order valence-corrected chi connectivity index (χ4v) is 2.24. The summed E-state index contributed by atoms with van der Waals surface area (Å²) >= 11 is 0. The zero-order valence-electron chi connectivity index (χ0n) is 11.2. The first-order valence-electron chi connectivity index (χ1n) is 6.51. The lowest BCUT2D eigenvalue weighted by Crippen LogP contribution is -2.10. The van der Waals surface area contributed by atoms with E-state index in [0.29, 0.717) is 11.3 Å². The van der Waals surface area contributed by atoms with Crippen LogP contribution in [0.5, 0.6) is 5.75 Å². The van der Waals surface area contributed by atoms with Gasteiger partial charge in [-0.25, -0.2) is 4.79 Å². The van der Waals surface area contributed by atoms with Crippen LogP contribution in [0.4, 0.5) is 0 Å². The van der Waals surface area contributed by atoms with Gasteiger partial charge in [-0.2, -0.15) is 0 Å². The Morgan fingerprint density at radius 3 is 2.40 bits per heavy atom. The zero-order chi connectivity index (χ0) is 13.9. The fourth-order valence-electron chi connectivity index (χ4n) is 2.24. The highest BCUT2D eigenvalue weighted by Gasteiger charge is 2.12. The molecule has 0 spiro atoms. The van der Waals surface area contributed by atoms with Crippen molar-refractivity contribution in [2.45, 2.75) is 6.92 Å². The third-order valence-electron chi connectivity index (χ3n) is 3.32. The summed E-state index contributed by atoms with van der Waals surface area (Å²) in [5.41, 5.74) is 1.51. The van der Waals surface area contributed by atoms with E-state index < -0.39 is 0 Å². The van der Waals surface area contributed by atoms with Crippen LogP contribution >= 0.6 is 0 Å². The number of rotatable bonds is 2. The Morgan fingerprint density at radius 2 is 1.55 bits per heavy atom. The van der Waals surface area contributed by atoms with Crippen LogP contribution in [0, 0.1) is 6.92 Å². The van der Waals surface area contributed by atoms with Gasteiger partial charge in [-0.05, 0) is 30.0 Å². The molecule has 0 amide bonds. The first kappa shape index (κ1) is 12.4. The minimum absolute atomic E-state index is 0.320. The van der Waals surface area contributed by atoms with Gasteiger partial charge in [0.15, 0.2) is 0 Å². The van der Waals surface area contributed by atoms with Gasteiger partial charge in [0.1, 0.15) is 5.75 Å². The minimum Gasteiger partial charge on any atom is -0.422 e. The maximum absolute atomic E-state index is 12.3. The Hall–Kier alpha value is -2.61. The number of hydrogen-bond donors (Lipinski definition) is 0. The number of aryl methyl sites for hydroxylation is 1. The Labute approximate surface area is 117 Å². The largest absolute Gasteiger partial charge is 0.422 e. The van der Waals surface area contributed by atoms with Gasteiger partial charge in [-0.3, -0.25) is 0 Å². The number of fused-ring (bicyclic) bond motifs is 1. The van der Waals surface area contributed by atoms with Crippen LogP contribution in [0.3, 0.4) is 0 Å². The first-order valence-corrected chi connectivity index (χ1v) is 6.51. The van der Waals surface area contributed by atoms with Crippen LogP contribution in [0.2, 0.25) is 0 Å². The van der Waals surface area contributed by atoms with Gasteiger partial charge in [0.2, 0.25) is 0 Å². The van der Waals surface area contributed by atoms with Gasteiger partial charge in [-0.1, -0.05) is 54.6 Å². The van der Waals surface area contributed by atoms with E-state index >= 15 is 0 Å². The maximum atomic E-state index is 12.3. The molecule has 0 heterocycles. The molecule has 2 heteroatoms. The summed E-state index contributed by atoms with van der Waals surface area (Å²) in [6, 6.07) is 21.0. The second kappa shape index (κ2) is 5.17. The highest BCUT2D eigenvalue weighted by Crippen LogP contribution is 2.26. The smallest absolute Gasteiger partial charge is 0.343 e. The summed E-state index contributed by atoms with van der Waals surface area (Å²) in [4.78, 5) is 12.3. The van der Waals surface area contributed by atoms with Crippen LogP contribution in [0.25, 0.3) is 10.8 Å². The molecule has 0 aliphatic rings. The molecule has 0 N–H and O–H groups in total. The van der Waals surface area contributed by atoms with Crippen molar-refractivity contribution in [1.29, 1.82) is 0 Å². The molecule has 3 aromatic rings. The molecule has 0 saturated heterocycles. The number of ether oxygens (including phenoxy) is 1. The van der Waals surface area contributed by atoms with E-state index in [1.165, 1.54) is 0 Å². The second-order valence-electron chi connectivity index (χ2n) is 4.68. The molecule has 0 aliphatic heterocycles. The average Bonchev–Trinajstić information content (AvgIpc) is 2.48. The summed E-state index contributed by atoms with van der Waals surface area (Å²) in [7, 11) is 0. The van der Waals surface area contributed by atoms with Crippen LogP contribution in [0.1, 0.15) is 15.9 Å². The van der Waals surface area contributed by atoms with Gasteiger partial charge in [0.05, 0.1) is 5.56 Å². The Bertz CT molecular complexity index is 770. The average molecular weight is 262 g/mol. The number of hydrogen-bond acceptors (Lipinski definition) is 2. The molecule has 0 saturated carbocycles. The number of carbonyl (C=O) groups is 1. The molecule has 3 rings (SSSR count). The van der Waals surface area contributed by atoms with E-state index in [9.17, 15) is 4.79 Å². The van der Waals surface area contributed by atoms with Crippen LogP contribution < -0.4 is 4.74 Å². The Balaban J connectivity index is 1.98. The van der Waals surface area contributed by atoms with Crippen LogP contribution in [0.15, 0.2) is 66.7 Å². The van der Waals surface area contributed by atoms with Crippen molar-refractivity contribution in [3.05, 3.63) is 77.9 Å². The second-order valence-corrected chi connectivity index (χ2v) is 4.68. The van der Waals surface area contributed by atoms with E-state index in [1.54, 1.807) is 6.07 Å². The van der Waals surface area contributed by atoms with Crippen molar-refractivity contribution < 1.29 is 9.53 Å². The Kier molecular flexibility index (Phi) is 3.21. The first-order chi connectivity index (χ1) is 9.75. The van der Waals surface area contributed by atoms with E-state index in [1.807, 2.05) is 67.6 Å². The molecular weight excluding hydrogens is 248 g/mol. The van der Waals surface area contributed by atoms with Crippen LogP contribution in [-0.4, -0.2) is 5.97 Å². The summed E-state index contributed by atoms with van der Waals surface area (Å²) < 4.78 is 5.56. The lowest BCUT2D eigenvalue weighted by atomic mass is 10.1. The molecule has 0 fully saturated rings. The number of benzene rings is 3. The third-order valence-corrected chi connectivity index (χ3v) is 3.32. The van der Waals surface area contributed by atoms with Gasteiger partial charge in [-0.15, -0.1) is 0 Å². The molecule has 0 unspecified atom stereocenters. The van der Waals surface area contributed by atoms with Crippen molar-refractivity contribution in [2.75, 3.05) is 0 Å². The maximum Gasteiger partial charge on any atom is 0.343 e. The van der Waals surface area contributed by atoms with Crippen molar-refractivity contribution in [3.63, 3.8) is 0 Å². The van der Waals surface area contributed by atoms with E-state index in [0.717, 1.165) is 16.3 Å². The zero-order valence-corrected chi connectivity index (χ0v) is 11.2. The highest BCUT2D eigenvalue weighted by molar-refractivity contribution is 5.96. The summed E-state index contributed by atoms with van der Waals surface area (Å²) in [5.74, 6) is 0.274. The molecule has 20 heavy (non-hydrogen) atoms. The van der Waals surface area contributed by atoms with E-state index in [4.69, 9.17) is 4.74 Å². The summed E-state index contributed by atoms with van der Waals surface area (Å²) in [6.45, 7) is 1.90. The van der Waals surface area contributed by atoms with Crippen molar-refractivity contribution >= 4 is 16.7 Å². The SMILES string of the molecule is Cc1ccccc1C(=O)Oc1cccc2ccccc12. The molecule has 0 bridgehead atoms. The molecular formula is C18H14O2. The van der Waals surface area contributed by atoms with Crippen molar-refractivity contribution in [2.24, 2.45) is 0 Å². The summed E-state index contributed by atoms with van der Waals surface area (Å²) in [6.07, 6.45) is 0.